The van der Waals surface area contributed by atoms with Gasteiger partial charge in [-0.15, -0.1) is 0 Å². The molecule has 0 saturated heterocycles. The number of hydrogen-bond acceptors (Lipinski definition) is 0. The molecule has 0 amide bonds. The first-order valence-electron chi connectivity index (χ1n) is 10.4. The molecule has 0 bridgehead atoms. The lowest BCUT2D eigenvalue weighted by Gasteiger charge is -2.45. The van der Waals surface area contributed by atoms with Crippen LogP contribution >= 0.6 is 0 Å². The molecule has 0 heterocycles. The Kier molecular flexibility index (Phi) is 35.6. The van der Waals surface area contributed by atoms with Gasteiger partial charge in [-0.1, -0.05) is 105 Å². The maximum absolute atomic E-state index is 2.36. The van der Waals surface area contributed by atoms with Crippen LogP contribution in [0.15, 0.2) is 24.3 Å². The Bertz CT molecular complexity index is 178. The highest BCUT2D eigenvalue weighted by atomic mass is 14.4. The van der Waals surface area contributed by atoms with Crippen LogP contribution in [0.25, 0.3) is 0 Å². The highest BCUT2D eigenvalue weighted by Crippen LogP contribution is 2.44. The van der Waals surface area contributed by atoms with E-state index in [1.807, 2.05) is 52.0 Å². The van der Waals surface area contributed by atoms with Crippen LogP contribution in [-0.4, -0.2) is 0 Å². The highest BCUT2D eigenvalue weighted by Gasteiger charge is 2.38. The molecule has 1 saturated carbocycles. The highest BCUT2D eigenvalue weighted by molar-refractivity contribution is 4.86. The molecule has 0 aliphatic heterocycles. The summed E-state index contributed by atoms with van der Waals surface area (Å²) >= 11 is 0. The van der Waals surface area contributed by atoms with Crippen LogP contribution in [0, 0.1) is 23.7 Å². The van der Waals surface area contributed by atoms with E-state index < -0.39 is 0 Å². The third-order valence-electron chi connectivity index (χ3n) is 4.98. The summed E-state index contributed by atoms with van der Waals surface area (Å²) in [4.78, 5) is 0. The van der Waals surface area contributed by atoms with E-state index in [2.05, 4.69) is 55.4 Å². The molecule has 0 unspecified atom stereocenters. The van der Waals surface area contributed by atoms with Crippen molar-refractivity contribution in [3.63, 3.8) is 0 Å². The van der Waals surface area contributed by atoms with Crippen molar-refractivity contribution in [1.82, 2.24) is 0 Å². The van der Waals surface area contributed by atoms with Gasteiger partial charge in [0.2, 0.25) is 0 Å². The molecule has 0 aromatic carbocycles. The third-order valence-corrected chi connectivity index (χ3v) is 4.98. The van der Waals surface area contributed by atoms with Crippen LogP contribution in [0.1, 0.15) is 109 Å². The van der Waals surface area contributed by atoms with Gasteiger partial charge < -0.3 is 0 Å². The lowest BCUT2D eigenvalue weighted by Crippen LogP contribution is -2.39. The summed E-state index contributed by atoms with van der Waals surface area (Å²) in [6, 6.07) is 0. The summed E-state index contributed by atoms with van der Waals surface area (Å²) < 4.78 is 0. The lowest BCUT2D eigenvalue weighted by molar-refractivity contribution is 0.0302. The van der Waals surface area contributed by atoms with Gasteiger partial charge >= 0.3 is 0 Å². The zero-order valence-corrected chi connectivity index (χ0v) is 19.4. The fraction of sp³-hybridized carbons (Fsp3) is 0.833. The molecule has 0 spiro atoms. The summed E-state index contributed by atoms with van der Waals surface area (Å²) in [5, 5.41) is 0. The molecule has 148 valence electrons. The Morgan fingerprint density at radius 2 is 0.542 bits per heavy atom. The van der Waals surface area contributed by atoms with E-state index in [9.17, 15) is 0 Å². The predicted octanol–water partition coefficient (Wildman–Crippen LogP) is 9.32. The van der Waals surface area contributed by atoms with Crippen molar-refractivity contribution >= 4 is 0 Å². The largest absolute Gasteiger partial charge is 0.0919 e. The molecule has 0 radical (unpaired) electrons. The van der Waals surface area contributed by atoms with Gasteiger partial charge in [-0.25, -0.2) is 0 Å². The maximum atomic E-state index is 2.36. The van der Waals surface area contributed by atoms with Crippen molar-refractivity contribution in [3.05, 3.63) is 24.3 Å². The first kappa shape index (κ1) is 31.3. The van der Waals surface area contributed by atoms with Gasteiger partial charge in [0.1, 0.15) is 0 Å². The molecule has 0 aromatic rings. The van der Waals surface area contributed by atoms with Crippen molar-refractivity contribution < 1.29 is 0 Å². The summed E-state index contributed by atoms with van der Waals surface area (Å²) in [7, 11) is 0. The number of unbranched alkanes of at least 4 members (excludes halogenated alkanes) is 2. The lowest BCUT2D eigenvalue weighted by atomic mass is 9.60. The molecule has 24 heavy (non-hydrogen) atoms. The quantitative estimate of drug-likeness (QED) is 0.439. The van der Waals surface area contributed by atoms with E-state index in [0.29, 0.717) is 0 Å². The van der Waals surface area contributed by atoms with E-state index in [4.69, 9.17) is 0 Å². The second-order valence-electron chi connectivity index (χ2n) is 6.77. The zero-order valence-electron chi connectivity index (χ0n) is 19.4. The predicted molar refractivity (Wildman–Crippen MR) is 119 cm³/mol. The van der Waals surface area contributed by atoms with Crippen molar-refractivity contribution in [2.45, 2.75) is 109 Å². The van der Waals surface area contributed by atoms with E-state index in [1.165, 1.54) is 25.7 Å². The minimum absolute atomic E-state index is 0.977. The summed E-state index contributed by atoms with van der Waals surface area (Å²) in [5.74, 6) is 3.91. The number of allylic oxidation sites excluding steroid dienone is 4. The monoisotopic (exact) mass is 340 g/mol. The van der Waals surface area contributed by atoms with E-state index in [1.54, 1.807) is 0 Å². The number of rotatable bonds is 2. The Labute approximate surface area is 157 Å². The van der Waals surface area contributed by atoms with Crippen molar-refractivity contribution in [2.24, 2.45) is 23.7 Å². The fourth-order valence-corrected chi connectivity index (χ4v) is 1.77. The molecule has 1 fully saturated rings. The molecule has 0 atom stereocenters. The minimum atomic E-state index is 0.977. The van der Waals surface area contributed by atoms with Gasteiger partial charge in [-0.05, 0) is 51.4 Å². The fourth-order valence-electron chi connectivity index (χ4n) is 1.77. The van der Waals surface area contributed by atoms with Gasteiger partial charge in [-0.3, -0.25) is 0 Å². The van der Waals surface area contributed by atoms with Crippen molar-refractivity contribution in [2.75, 3.05) is 0 Å². The van der Waals surface area contributed by atoms with Crippen LogP contribution < -0.4 is 0 Å². The smallest absolute Gasteiger partial charge is 0.0386 e. The van der Waals surface area contributed by atoms with Crippen LogP contribution in [0.5, 0.6) is 0 Å². The second kappa shape index (κ2) is 27.3. The first-order chi connectivity index (χ1) is 11.3. The molecule has 1 aliphatic carbocycles. The van der Waals surface area contributed by atoms with Crippen LogP contribution in [0.4, 0.5) is 0 Å². The third kappa shape index (κ3) is 23.7. The van der Waals surface area contributed by atoms with E-state index in [0.717, 1.165) is 23.7 Å². The molecule has 0 nitrogen and oxygen atoms in total. The van der Waals surface area contributed by atoms with E-state index in [-0.39, 0.29) is 0 Å². The van der Waals surface area contributed by atoms with Crippen LogP contribution in [-0.2, 0) is 0 Å². The molecular formula is C24H52. The summed E-state index contributed by atoms with van der Waals surface area (Å²) in [6.45, 7) is 26.1. The van der Waals surface area contributed by atoms with E-state index >= 15 is 0 Å². The van der Waals surface area contributed by atoms with Crippen LogP contribution in [0.3, 0.4) is 0 Å². The topological polar surface area (TPSA) is 0 Å². The SMILES string of the molecule is C/C=C\C.C/C=C\C.CC1C(C)C(C)C1C.CCCC.CCCC. The van der Waals surface area contributed by atoms with Crippen LogP contribution in [0.2, 0.25) is 0 Å². The van der Waals surface area contributed by atoms with Gasteiger partial charge in [0.25, 0.3) is 0 Å². The minimum Gasteiger partial charge on any atom is -0.0919 e. The molecular weight excluding hydrogens is 288 g/mol. The number of hydrogen-bond donors (Lipinski definition) is 0. The molecule has 1 rings (SSSR count). The molecule has 0 heteroatoms. The van der Waals surface area contributed by atoms with Gasteiger partial charge in [0, 0.05) is 0 Å². The second-order valence-corrected chi connectivity index (χ2v) is 6.77. The average Bonchev–Trinajstić information content (AvgIpc) is 2.66. The summed E-state index contributed by atoms with van der Waals surface area (Å²) in [6.07, 6.45) is 13.3. The zero-order chi connectivity index (χ0) is 20.0. The Morgan fingerprint density at radius 1 is 0.417 bits per heavy atom. The Hall–Kier alpha value is -0.520. The Morgan fingerprint density at radius 3 is 0.583 bits per heavy atom. The van der Waals surface area contributed by atoms with Gasteiger partial charge in [0.15, 0.2) is 0 Å². The summed E-state index contributed by atoms with van der Waals surface area (Å²) in [5.41, 5.74) is 0. The average molecular weight is 341 g/mol. The molecule has 0 N–H and O–H groups in total. The molecule has 1 aliphatic rings. The van der Waals surface area contributed by atoms with Gasteiger partial charge in [-0.2, -0.15) is 0 Å². The van der Waals surface area contributed by atoms with Crippen molar-refractivity contribution in [3.8, 4) is 0 Å². The van der Waals surface area contributed by atoms with Gasteiger partial charge in [0.05, 0.1) is 0 Å². The normalized spacial score (nSPS) is 24.2. The van der Waals surface area contributed by atoms with Crippen molar-refractivity contribution in [1.29, 1.82) is 0 Å². The first-order valence-corrected chi connectivity index (χ1v) is 10.4. The Balaban J connectivity index is -0.000000110. The maximum Gasteiger partial charge on any atom is -0.0386 e. The standard InChI is InChI=1S/C8H16.2C4H10.2C4H8/c1-5-6(2)8(4)7(5)3;4*1-3-4-2/h5-8H,1-4H3;2*3-4H2,1-2H3;2*3-4H,1-2H3/b;;;2*4-3-. The molecule has 0 aromatic heterocycles.